The monoisotopic (exact) mass is 185 g/mol. The molecular formula is C11H23NO. The Balaban J connectivity index is 4.01. The lowest BCUT2D eigenvalue weighted by Crippen LogP contribution is -2.36. The predicted octanol–water partition coefficient (Wildman–Crippen LogP) is 2.33. The summed E-state index contributed by atoms with van der Waals surface area (Å²) >= 11 is 0. The minimum Gasteiger partial charge on any atom is -0.299 e. The van der Waals surface area contributed by atoms with Gasteiger partial charge in [0.05, 0.1) is 6.54 Å². The second-order valence-corrected chi connectivity index (χ2v) is 4.97. The molecule has 0 atom stereocenters. The van der Waals surface area contributed by atoms with Gasteiger partial charge in [0, 0.05) is 6.54 Å². The van der Waals surface area contributed by atoms with E-state index >= 15 is 0 Å². The van der Waals surface area contributed by atoms with Crippen molar-refractivity contribution >= 4 is 5.78 Å². The lowest BCUT2D eigenvalue weighted by molar-refractivity contribution is -0.118. The molecule has 0 heterocycles. The molecule has 0 aliphatic heterocycles. The average molecular weight is 185 g/mol. The topological polar surface area (TPSA) is 20.3 Å². The molecule has 0 aromatic heterocycles. The summed E-state index contributed by atoms with van der Waals surface area (Å²) in [6, 6.07) is 0. The summed E-state index contributed by atoms with van der Waals surface area (Å²) in [5, 5.41) is 0. The Kier molecular flexibility index (Phi) is 5.23. The number of rotatable bonds is 5. The van der Waals surface area contributed by atoms with E-state index in [-0.39, 0.29) is 11.2 Å². The average Bonchev–Trinajstić information content (AvgIpc) is 1.81. The second kappa shape index (κ2) is 5.38. The molecule has 2 heteroatoms. The van der Waals surface area contributed by atoms with Gasteiger partial charge in [-0.05, 0) is 25.3 Å². The summed E-state index contributed by atoms with van der Waals surface area (Å²) in [5.41, 5.74) is 0.282. The maximum absolute atomic E-state index is 11.0. The van der Waals surface area contributed by atoms with E-state index in [0.29, 0.717) is 6.54 Å². The molecule has 0 aliphatic carbocycles. The molecule has 0 aliphatic rings. The highest BCUT2D eigenvalue weighted by Crippen LogP contribution is 2.15. The molecule has 0 amide bonds. The highest BCUT2D eigenvalue weighted by atomic mass is 16.1. The van der Waals surface area contributed by atoms with Crippen LogP contribution in [0.25, 0.3) is 0 Å². The van der Waals surface area contributed by atoms with E-state index in [0.717, 1.165) is 19.5 Å². The third-order valence-corrected chi connectivity index (χ3v) is 1.68. The van der Waals surface area contributed by atoms with Gasteiger partial charge < -0.3 is 0 Å². The van der Waals surface area contributed by atoms with Crippen molar-refractivity contribution in [1.82, 2.24) is 4.90 Å². The molecule has 0 fully saturated rings. The normalized spacial score (nSPS) is 12.2. The summed E-state index contributed by atoms with van der Waals surface area (Å²) in [5.74, 6) is 0.262. The van der Waals surface area contributed by atoms with Crippen LogP contribution in [0.2, 0.25) is 0 Å². The molecule has 0 spiro atoms. The molecule has 0 radical (unpaired) electrons. The fourth-order valence-corrected chi connectivity index (χ4v) is 1.52. The van der Waals surface area contributed by atoms with Gasteiger partial charge in [0.25, 0.3) is 0 Å². The summed E-state index contributed by atoms with van der Waals surface area (Å²) in [6.45, 7) is 13.0. The maximum atomic E-state index is 11.0. The van der Waals surface area contributed by atoms with Gasteiger partial charge in [-0.3, -0.25) is 9.69 Å². The first kappa shape index (κ1) is 12.6. The van der Waals surface area contributed by atoms with E-state index < -0.39 is 0 Å². The van der Waals surface area contributed by atoms with Gasteiger partial charge in [-0.25, -0.2) is 0 Å². The van der Waals surface area contributed by atoms with Crippen molar-refractivity contribution in [3.63, 3.8) is 0 Å². The molecule has 0 saturated carbocycles. The standard InChI is InChI=1S/C11H23NO/c1-6-7-12(8-10(2)13)9-11(3,4)5/h6-9H2,1-5H3. The van der Waals surface area contributed by atoms with Crippen molar-refractivity contribution in [2.75, 3.05) is 19.6 Å². The Morgan fingerprint density at radius 3 is 2.15 bits per heavy atom. The van der Waals surface area contributed by atoms with E-state index in [9.17, 15) is 4.79 Å². The Hall–Kier alpha value is -0.370. The van der Waals surface area contributed by atoms with Crippen LogP contribution in [0.4, 0.5) is 0 Å². The smallest absolute Gasteiger partial charge is 0.143 e. The molecule has 0 aromatic carbocycles. The summed E-state index contributed by atoms with van der Waals surface area (Å²) in [6.07, 6.45) is 1.11. The summed E-state index contributed by atoms with van der Waals surface area (Å²) in [4.78, 5) is 13.2. The minimum atomic E-state index is 0.262. The van der Waals surface area contributed by atoms with Crippen LogP contribution >= 0.6 is 0 Å². The van der Waals surface area contributed by atoms with Crippen molar-refractivity contribution in [3.8, 4) is 0 Å². The van der Waals surface area contributed by atoms with Gasteiger partial charge in [-0.15, -0.1) is 0 Å². The van der Waals surface area contributed by atoms with Gasteiger partial charge in [0.15, 0.2) is 0 Å². The fraction of sp³-hybridized carbons (Fsp3) is 0.909. The Bertz CT molecular complexity index is 158. The van der Waals surface area contributed by atoms with Gasteiger partial charge in [0.1, 0.15) is 5.78 Å². The first-order valence-corrected chi connectivity index (χ1v) is 5.07. The molecule has 2 nitrogen and oxygen atoms in total. The number of carbonyl (C=O) groups excluding carboxylic acids is 1. The van der Waals surface area contributed by atoms with Crippen LogP contribution in [0.5, 0.6) is 0 Å². The molecule has 13 heavy (non-hydrogen) atoms. The quantitative estimate of drug-likeness (QED) is 0.655. The van der Waals surface area contributed by atoms with Crippen LogP contribution in [-0.4, -0.2) is 30.3 Å². The van der Waals surface area contributed by atoms with E-state index in [1.54, 1.807) is 6.92 Å². The Morgan fingerprint density at radius 1 is 1.31 bits per heavy atom. The number of Topliss-reactive ketones (excluding diaryl/α,β-unsaturated/α-hetero) is 1. The van der Waals surface area contributed by atoms with Gasteiger partial charge in [-0.2, -0.15) is 0 Å². The van der Waals surface area contributed by atoms with E-state index in [1.165, 1.54) is 0 Å². The lowest BCUT2D eigenvalue weighted by atomic mass is 9.96. The van der Waals surface area contributed by atoms with Crippen LogP contribution in [0, 0.1) is 5.41 Å². The predicted molar refractivity (Wildman–Crippen MR) is 56.9 cm³/mol. The molecule has 0 bridgehead atoms. The first-order valence-electron chi connectivity index (χ1n) is 5.07. The Labute approximate surface area is 82.3 Å². The number of carbonyl (C=O) groups is 1. The zero-order valence-corrected chi connectivity index (χ0v) is 9.68. The van der Waals surface area contributed by atoms with Crippen molar-refractivity contribution in [3.05, 3.63) is 0 Å². The molecule has 78 valence electrons. The molecule has 0 saturated heterocycles. The summed E-state index contributed by atoms with van der Waals surface area (Å²) in [7, 11) is 0. The molecule has 0 aromatic rings. The van der Waals surface area contributed by atoms with Crippen LogP contribution in [-0.2, 0) is 4.79 Å². The number of ketones is 1. The zero-order valence-electron chi connectivity index (χ0n) is 9.68. The summed E-state index contributed by atoms with van der Waals surface area (Å²) < 4.78 is 0. The van der Waals surface area contributed by atoms with Gasteiger partial charge >= 0.3 is 0 Å². The van der Waals surface area contributed by atoms with Crippen LogP contribution < -0.4 is 0 Å². The van der Waals surface area contributed by atoms with Gasteiger partial charge in [0.2, 0.25) is 0 Å². The molecule has 0 N–H and O–H groups in total. The minimum absolute atomic E-state index is 0.262. The van der Waals surface area contributed by atoms with Crippen molar-refractivity contribution in [2.45, 2.75) is 41.0 Å². The van der Waals surface area contributed by atoms with Gasteiger partial charge in [-0.1, -0.05) is 27.7 Å². The number of nitrogens with zero attached hydrogens (tertiary/aromatic N) is 1. The highest BCUT2D eigenvalue weighted by molar-refractivity contribution is 5.77. The Morgan fingerprint density at radius 2 is 1.85 bits per heavy atom. The second-order valence-electron chi connectivity index (χ2n) is 4.97. The van der Waals surface area contributed by atoms with Crippen LogP contribution in [0.15, 0.2) is 0 Å². The number of hydrogen-bond donors (Lipinski definition) is 0. The van der Waals surface area contributed by atoms with E-state index in [4.69, 9.17) is 0 Å². The van der Waals surface area contributed by atoms with E-state index in [2.05, 4.69) is 32.6 Å². The largest absolute Gasteiger partial charge is 0.299 e. The lowest BCUT2D eigenvalue weighted by Gasteiger charge is -2.28. The first-order chi connectivity index (χ1) is 5.85. The van der Waals surface area contributed by atoms with E-state index in [1.807, 2.05) is 0 Å². The van der Waals surface area contributed by atoms with Crippen molar-refractivity contribution in [2.24, 2.45) is 5.41 Å². The molecule has 0 rings (SSSR count). The third kappa shape index (κ3) is 7.97. The van der Waals surface area contributed by atoms with Crippen molar-refractivity contribution in [1.29, 1.82) is 0 Å². The molecule has 0 unspecified atom stereocenters. The SMILES string of the molecule is CCCN(CC(C)=O)CC(C)(C)C. The fourth-order valence-electron chi connectivity index (χ4n) is 1.52. The maximum Gasteiger partial charge on any atom is 0.143 e. The zero-order chi connectivity index (χ0) is 10.5. The third-order valence-electron chi connectivity index (χ3n) is 1.68. The highest BCUT2D eigenvalue weighted by Gasteiger charge is 2.16. The van der Waals surface area contributed by atoms with Crippen molar-refractivity contribution < 1.29 is 4.79 Å². The van der Waals surface area contributed by atoms with Crippen LogP contribution in [0.1, 0.15) is 41.0 Å². The van der Waals surface area contributed by atoms with Crippen LogP contribution in [0.3, 0.4) is 0 Å². The molecular weight excluding hydrogens is 162 g/mol. The number of hydrogen-bond acceptors (Lipinski definition) is 2.